The van der Waals surface area contributed by atoms with Crippen LogP contribution in [0.3, 0.4) is 0 Å². The Morgan fingerprint density at radius 2 is 2.00 bits per heavy atom. The molecule has 0 spiro atoms. The van der Waals surface area contributed by atoms with Gasteiger partial charge >= 0.3 is 11.4 Å². The van der Waals surface area contributed by atoms with Crippen molar-refractivity contribution < 1.29 is 4.52 Å². The molecule has 1 N–H and O–H groups in total. The van der Waals surface area contributed by atoms with E-state index in [2.05, 4.69) is 4.98 Å². The smallest absolute Gasteiger partial charge is 0.316 e. The minimum Gasteiger partial charge on any atom is -0.316 e. The van der Waals surface area contributed by atoms with E-state index in [-0.39, 0.29) is 0 Å². The van der Waals surface area contributed by atoms with Crippen LogP contribution in [-0.4, -0.2) is 13.9 Å². The first-order chi connectivity index (χ1) is 10.9. The molecule has 1 heterocycles. The van der Waals surface area contributed by atoms with E-state index in [1.165, 1.54) is 11.8 Å². The summed E-state index contributed by atoms with van der Waals surface area (Å²) in [6, 6.07) is 7.08. The summed E-state index contributed by atoms with van der Waals surface area (Å²) in [5.41, 5.74) is 0.463. The molecule has 3 rings (SSSR count). The number of rotatable bonds is 3. The van der Waals surface area contributed by atoms with Crippen LogP contribution in [0.1, 0.15) is 11.6 Å². The standard InChI is InChI=1S/C15H12Cl2N2O3S/c1-9-2-5-11(6-3-9)23-15(17)8-10(16)4-7-12(15)19-13(20)18-14(21)22-19/h2-8,12H,1H3,(H,18,20,21). The van der Waals surface area contributed by atoms with Gasteiger partial charge in [-0.05, 0) is 31.2 Å². The lowest BCUT2D eigenvalue weighted by Crippen LogP contribution is -2.34. The third kappa shape index (κ3) is 3.34. The third-order valence-corrected chi connectivity index (χ3v) is 5.29. The van der Waals surface area contributed by atoms with Gasteiger partial charge < -0.3 is 4.52 Å². The zero-order valence-corrected chi connectivity index (χ0v) is 14.3. The van der Waals surface area contributed by atoms with Crippen LogP contribution in [0, 0.1) is 6.92 Å². The summed E-state index contributed by atoms with van der Waals surface area (Å²) in [7, 11) is 0. The van der Waals surface area contributed by atoms with Crippen molar-refractivity contribution in [2.75, 3.05) is 0 Å². The minimum atomic E-state index is -1.11. The fourth-order valence-electron chi connectivity index (χ4n) is 2.23. The topological polar surface area (TPSA) is 68.0 Å². The Kier molecular flexibility index (Phi) is 4.31. The van der Waals surface area contributed by atoms with Crippen LogP contribution in [0.2, 0.25) is 0 Å². The highest BCUT2D eigenvalue weighted by Crippen LogP contribution is 2.48. The Balaban J connectivity index is 2.02. The van der Waals surface area contributed by atoms with Gasteiger partial charge in [-0.15, -0.1) is 4.74 Å². The summed E-state index contributed by atoms with van der Waals surface area (Å²) < 4.78 is 4.73. The van der Waals surface area contributed by atoms with Crippen molar-refractivity contribution in [3.05, 3.63) is 74.1 Å². The highest BCUT2D eigenvalue weighted by Gasteiger charge is 2.40. The van der Waals surface area contributed by atoms with Crippen LogP contribution in [0.4, 0.5) is 0 Å². The van der Waals surface area contributed by atoms with Gasteiger partial charge in [-0.1, -0.05) is 58.7 Å². The van der Waals surface area contributed by atoms with E-state index in [0.717, 1.165) is 15.2 Å². The molecule has 0 amide bonds. The molecule has 23 heavy (non-hydrogen) atoms. The number of aromatic amines is 1. The molecule has 1 aromatic carbocycles. The maximum Gasteiger partial charge on any atom is 0.440 e. The van der Waals surface area contributed by atoms with E-state index in [1.54, 1.807) is 18.2 Å². The maximum absolute atomic E-state index is 11.9. The van der Waals surface area contributed by atoms with Gasteiger partial charge in [-0.3, -0.25) is 0 Å². The van der Waals surface area contributed by atoms with Crippen LogP contribution in [-0.2, 0) is 0 Å². The van der Waals surface area contributed by atoms with Crippen molar-refractivity contribution in [3.63, 3.8) is 0 Å². The van der Waals surface area contributed by atoms with Gasteiger partial charge in [0, 0.05) is 9.93 Å². The van der Waals surface area contributed by atoms with Gasteiger partial charge in [0.05, 0.1) is 0 Å². The molecular formula is C15H12Cl2N2O3S. The Morgan fingerprint density at radius 1 is 1.30 bits per heavy atom. The quantitative estimate of drug-likeness (QED) is 0.840. The highest BCUT2D eigenvalue weighted by atomic mass is 35.5. The van der Waals surface area contributed by atoms with Crippen LogP contribution in [0.5, 0.6) is 0 Å². The van der Waals surface area contributed by atoms with Crippen molar-refractivity contribution >= 4 is 35.0 Å². The van der Waals surface area contributed by atoms with Crippen molar-refractivity contribution in [1.29, 1.82) is 0 Å². The summed E-state index contributed by atoms with van der Waals surface area (Å²) in [5, 5.41) is 0.446. The molecule has 2 atom stereocenters. The number of hydrogen-bond donors (Lipinski definition) is 1. The second kappa shape index (κ2) is 6.11. The van der Waals surface area contributed by atoms with Gasteiger partial charge in [-0.25, -0.2) is 14.6 Å². The first-order valence-corrected chi connectivity index (χ1v) is 8.28. The number of nitrogens with one attached hydrogen (secondary N) is 1. The van der Waals surface area contributed by atoms with Crippen molar-refractivity contribution in [1.82, 2.24) is 9.72 Å². The molecule has 5 nitrogen and oxygen atoms in total. The molecule has 0 radical (unpaired) electrons. The fourth-order valence-corrected chi connectivity index (χ4v) is 4.26. The third-order valence-electron chi connectivity index (χ3n) is 3.31. The predicted octanol–water partition coefficient (Wildman–Crippen LogP) is 3.40. The molecule has 0 bridgehead atoms. The average molecular weight is 371 g/mol. The van der Waals surface area contributed by atoms with Crippen LogP contribution in [0.25, 0.3) is 0 Å². The largest absolute Gasteiger partial charge is 0.440 e. The minimum absolute atomic E-state index is 0.446. The molecule has 0 saturated carbocycles. The molecule has 8 heteroatoms. The second-order valence-electron chi connectivity index (χ2n) is 5.08. The van der Waals surface area contributed by atoms with Crippen LogP contribution >= 0.6 is 35.0 Å². The molecular weight excluding hydrogens is 359 g/mol. The zero-order valence-electron chi connectivity index (χ0n) is 12.0. The summed E-state index contributed by atoms with van der Waals surface area (Å²) >= 11 is 14.1. The summed E-state index contributed by atoms with van der Waals surface area (Å²) in [4.78, 5) is 26.1. The summed E-state index contributed by atoms with van der Waals surface area (Å²) in [6.07, 6.45) is 4.88. The molecule has 1 aromatic heterocycles. The number of alkyl halides is 1. The summed E-state index contributed by atoms with van der Waals surface area (Å²) in [5.74, 6) is -0.830. The first kappa shape index (κ1) is 16.2. The van der Waals surface area contributed by atoms with E-state index >= 15 is 0 Å². The number of H-pyrrole nitrogens is 1. The van der Waals surface area contributed by atoms with Crippen molar-refractivity contribution in [3.8, 4) is 0 Å². The first-order valence-electron chi connectivity index (χ1n) is 6.71. The summed E-state index contributed by atoms with van der Waals surface area (Å²) in [6.45, 7) is 1.99. The second-order valence-corrected chi connectivity index (χ2v) is 7.72. The van der Waals surface area contributed by atoms with E-state index in [0.29, 0.717) is 5.03 Å². The van der Waals surface area contributed by atoms with Crippen LogP contribution < -0.4 is 11.4 Å². The lowest BCUT2D eigenvalue weighted by molar-refractivity contribution is 0.218. The van der Waals surface area contributed by atoms with Gasteiger partial charge in [-0.2, -0.15) is 0 Å². The Bertz CT molecular complexity index is 894. The molecule has 2 unspecified atom stereocenters. The van der Waals surface area contributed by atoms with Gasteiger partial charge in [0.1, 0.15) is 10.2 Å². The lowest BCUT2D eigenvalue weighted by Gasteiger charge is -2.31. The molecule has 120 valence electrons. The highest BCUT2D eigenvalue weighted by molar-refractivity contribution is 8.02. The van der Waals surface area contributed by atoms with Gasteiger partial charge in [0.25, 0.3) is 0 Å². The lowest BCUT2D eigenvalue weighted by atomic mass is 10.1. The molecule has 1 aliphatic rings. The number of aromatic nitrogens is 2. The molecule has 0 saturated heterocycles. The molecule has 0 aliphatic heterocycles. The zero-order chi connectivity index (χ0) is 16.6. The Labute approximate surface area is 145 Å². The number of allylic oxidation sites excluding steroid dienone is 3. The number of nitrogens with zero attached hydrogens (tertiary/aromatic N) is 1. The number of benzene rings is 1. The van der Waals surface area contributed by atoms with E-state index in [1.807, 2.05) is 31.2 Å². The van der Waals surface area contributed by atoms with E-state index in [9.17, 15) is 9.59 Å². The Hall–Kier alpha value is -1.63. The predicted molar refractivity (Wildman–Crippen MR) is 91.3 cm³/mol. The number of halogens is 2. The molecule has 2 aromatic rings. The maximum atomic E-state index is 11.9. The van der Waals surface area contributed by atoms with Crippen molar-refractivity contribution in [2.45, 2.75) is 22.1 Å². The molecule has 0 fully saturated rings. The van der Waals surface area contributed by atoms with Crippen molar-refractivity contribution in [2.24, 2.45) is 0 Å². The van der Waals surface area contributed by atoms with E-state index < -0.39 is 21.7 Å². The number of thioether (sulfide) groups is 1. The Morgan fingerprint density at radius 3 is 2.61 bits per heavy atom. The number of hydrogen-bond acceptors (Lipinski definition) is 4. The average Bonchev–Trinajstić information content (AvgIpc) is 2.80. The molecule has 1 aliphatic carbocycles. The van der Waals surface area contributed by atoms with Gasteiger partial charge in [0.2, 0.25) is 0 Å². The van der Waals surface area contributed by atoms with Crippen LogP contribution in [0.15, 0.2) is 66.5 Å². The fraction of sp³-hybridized carbons (Fsp3) is 0.200. The number of aryl methyl sites for hydroxylation is 1. The van der Waals surface area contributed by atoms with Gasteiger partial charge in [0.15, 0.2) is 0 Å². The SMILES string of the molecule is Cc1ccc(SC2(Cl)C=C(Cl)C=CC2n2oc(=O)[nH]c2=O)cc1. The monoisotopic (exact) mass is 370 g/mol. The normalized spacial score (nSPS) is 23.8. The van der Waals surface area contributed by atoms with E-state index in [4.69, 9.17) is 27.7 Å².